The Morgan fingerprint density at radius 3 is 2.61 bits per heavy atom. The Morgan fingerprint density at radius 2 is 1.87 bits per heavy atom. The minimum Gasteiger partial charge on any atom is -0.497 e. The quantitative estimate of drug-likeness (QED) is 0.808. The van der Waals surface area contributed by atoms with E-state index in [0.717, 1.165) is 5.56 Å². The first-order chi connectivity index (χ1) is 11.2. The van der Waals surface area contributed by atoms with E-state index in [1.54, 1.807) is 19.2 Å². The van der Waals surface area contributed by atoms with Crippen LogP contribution in [-0.4, -0.2) is 25.1 Å². The molecule has 2 aromatic rings. The van der Waals surface area contributed by atoms with Gasteiger partial charge in [-0.2, -0.15) is 0 Å². The Morgan fingerprint density at radius 1 is 1.09 bits per heavy atom. The molecule has 0 saturated carbocycles. The van der Waals surface area contributed by atoms with E-state index in [1.807, 2.05) is 37.3 Å². The fraction of sp³-hybridized carbons (Fsp3) is 0.278. The lowest BCUT2D eigenvalue weighted by molar-refractivity contribution is 0.0930. The highest BCUT2D eigenvalue weighted by molar-refractivity contribution is 5.94. The molecule has 0 spiro atoms. The molecule has 3 atom stereocenters. The van der Waals surface area contributed by atoms with Crippen molar-refractivity contribution in [2.45, 2.75) is 25.0 Å². The summed E-state index contributed by atoms with van der Waals surface area (Å²) < 4.78 is 5.18. The summed E-state index contributed by atoms with van der Waals surface area (Å²) in [6, 6.07) is 17.4. The Bertz CT molecular complexity index is 675. The zero-order chi connectivity index (χ0) is 16.2. The predicted octanol–water partition coefficient (Wildman–Crippen LogP) is 2.03. The average molecular weight is 311 g/mol. The number of nitrogens with one attached hydrogen (secondary N) is 3. The first kappa shape index (κ1) is 15.5. The van der Waals surface area contributed by atoms with Crippen LogP contribution in [0.2, 0.25) is 0 Å². The summed E-state index contributed by atoms with van der Waals surface area (Å²) >= 11 is 0. The molecule has 1 heterocycles. The van der Waals surface area contributed by atoms with Gasteiger partial charge in [-0.15, -0.1) is 0 Å². The third-order valence-corrected chi connectivity index (χ3v) is 4.15. The maximum Gasteiger partial charge on any atom is 0.251 e. The first-order valence-corrected chi connectivity index (χ1v) is 7.70. The number of benzene rings is 2. The number of hydrogen-bond acceptors (Lipinski definition) is 4. The van der Waals surface area contributed by atoms with Gasteiger partial charge in [0.1, 0.15) is 5.75 Å². The monoisotopic (exact) mass is 311 g/mol. The van der Waals surface area contributed by atoms with Crippen molar-refractivity contribution in [3.63, 3.8) is 0 Å². The van der Waals surface area contributed by atoms with E-state index in [-0.39, 0.29) is 24.0 Å². The third-order valence-electron chi connectivity index (χ3n) is 4.15. The van der Waals surface area contributed by atoms with E-state index in [9.17, 15) is 4.79 Å². The summed E-state index contributed by atoms with van der Waals surface area (Å²) in [5.74, 6) is 0.570. The number of rotatable bonds is 4. The van der Waals surface area contributed by atoms with Crippen molar-refractivity contribution >= 4 is 5.91 Å². The summed E-state index contributed by atoms with van der Waals surface area (Å²) in [6.45, 7) is 2.05. The minimum absolute atomic E-state index is 0.0285. The second kappa shape index (κ2) is 6.81. The summed E-state index contributed by atoms with van der Waals surface area (Å²) in [7, 11) is 1.59. The van der Waals surface area contributed by atoms with Gasteiger partial charge in [0, 0.05) is 11.6 Å². The third kappa shape index (κ3) is 3.36. The maximum absolute atomic E-state index is 12.6. The van der Waals surface area contributed by atoms with Crippen molar-refractivity contribution in [3.05, 3.63) is 65.7 Å². The molecule has 1 fully saturated rings. The van der Waals surface area contributed by atoms with Gasteiger partial charge in [-0.1, -0.05) is 36.4 Å². The maximum atomic E-state index is 12.6. The topological polar surface area (TPSA) is 62.4 Å². The molecule has 0 aromatic heterocycles. The number of amides is 1. The van der Waals surface area contributed by atoms with Gasteiger partial charge in [0.05, 0.1) is 19.2 Å². The average Bonchev–Trinajstić information content (AvgIpc) is 2.96. The lowest BCUT2D eigenvalue weighted by Gasteiger charge is -2.23. The fourth-order valence-corrected chi connectivity index (χ4v) is 2.85. The van der Waals surface area contributed by atoms with Crippen LogP contribution in [0.5, 0.6) is 5.75 Å². The molecule has 5 heteroatoms. The van der Waals surface area contributed by atoms with Crippen molar-refractivity contribution in [2.75, 3.05) is 7.11 Å². The van der Waals surface area contributed by atoms with Crippen molar-refractivity contribution in [3.8, 4) is 5.75 Å². The van der Waals surface area contributed by atoms with E-state index in [0.29, 0.717) is 11.3 Å². The van der Waals surface area contributed by atoms with Gasteiger partial charge in [-0.25, -0.2) is 5.43 Å². The van der Waals surface area contributed by atoms with Gasteiger partial charge < -0.3 is 10.1 Å². The summed E-state index contributed by atoms with van der Waals surface area (Å²) in [5, 5.41) is 3.13. The van der Waals surface area contributed by atoms with Crippen molar-refractivity contribution < 1.29 is 9.53 Å². The van der Waals surface area contributed by atoms with Crippen LogP contribution in [0.1, 0.15) is 28.9 Å². The molecule has 2 aromatic carbocycles. The summed E-state index contributed by atoms with van der Waals surface area (Å²) in [5.41, 5.74) is 8.20. The van der Waals surface area contributed by atoms with Gasteiger partial charge in [0.2, 0.25) is 0 Å². The predicted molar refractivity (Wildman–Crippen MR) is 89.2 cm³/mol. The number of ether oxygens (including phenoxy) is 1. The van der Waals surface area contributed by atoms with Crippen LogP contribution >= 0.6 is 0 Å². The molecule has 1 aliphatic heterocycles. The lowest BCUT2D eigenvalue weighted by Crippen LogP contribution is -2.44. The van der Waals surface area contributed by atoms with E-state index < -0.39 is 0 Å². The smallest absolute Gasteiger partial charge is 0.251 e. The van der Waals surface area contributed by atoms with E-state index in [4.69, 9.17) is 4.74 Å². The number of methoxy groups -OCH3 is 1. The Balaban J connectivity index is 1.78. The van der Waals surface area contributed by atoms with Crippen molar-refractivity contribution in [2.24, 2.45) is 0 Å². The number of hydrazine groups is 1. The molecule has 3 unspecified atom stereocenters. The molecule has 1 aliphatic rings. The second-order valence-electron chi connectivity index (χ2n) is 5.70. The van der Waals surface area contributed by atoms with Gasteiger partial charge in [0.25, 0.3) is 5.91 Å². The van der Waals surface area contributed by atoms with Crippen LogP contribution in [0.15, 0.2) is 54.6 Å². The number of carbonyl (C=O) groups excluding carboxylic acids is 1. The molecule has 0 aliphatic carbocycles. The normalized spacial score (nSPS) is 23.5. The molecule has 1 saturated heterocycles. The van der Waals surface area contributed by atoms with Crippen LogP contribution in [0, 0.1) is 0 Å². The fourth-order valence-electron chi connectivity index (χ4n) is 2.85. The molecule has 120 valence electrons. The zero-order valence-electron chi connectivity index (χ0n) is 13.2. The van der Waals surface area contributed by atoms with Gasteiger partial charge >= 0.3 is 0 Å². The molecule has 0 bridgehead atoms. The zero-order valence-corrected chi connectivity index (χ0v) is 13.2. The van der Waals surface area contributed by atoms with Crippen LogP contribution in [0.4, 0.5) is 0 Å². The van der Waals surface area contributed by atoms with Gasteiger partial charge in [-0.05, 0) is 30.7 Å². The van der Waals surface area contributed by atoms with Crippen LogP contribution < -0.4 is 20.9 Å². The molecular formula is C18H21N3O2. The number of hydrogen-bond donors (Lipinski definition) is 3. The molecule has 23 heavy (non-hydrogen) atoms. The van der Waals surface area contributed by atoms with Crippen LogP contribution in [0.25, 0.3) is 0 Å². The highest BCUT2D eigenvalue weighted by atomic mass is 16.5. The Hall–Kier alpha value is -2.37. The van der Waals surface area contributed by atoms with Crippen LogP contribution in [0.3, 0.4) is 0 Å². The molecule has 0 radical (unpaired) electrons. The van der Waals surface area contributed by atoms with Gasteiger partial charge in [0.15, 0.2) is 0 Å². The Kier molecular flexibility index (Phi) is 4.60. The largest absolute Gasteiger partial charge is 0.497 e. The highest BCUT2D eigenvalue weighted by Gasteiger charge is 2.35. The molecule has 5 nitrogen and oxygen atoms in total. The number of carbonyl (C=O) groups is 1. The molecule has 1 amide bonds. The lowest BCUT2D eigenvalue weighted by atomic mass is 9.97. The second-order valence-corrected chi connectivity index (χ2v) is 5.70. The van der Waals surface area contributed by atoms with E-state index >= 15 is 0 Å². The standard InChI is InChI=1S/C18H21N3O2/c1-12-16(17(21-20-12)13-7-4-3-5-8-13)19-18(22)14-9-6-10-15(11-14)23-2/h3-12,16-17,20-21H,1-2H3,(H,19,22). The molecular weight excluding hydrogens is 290 g/mol. The highest BCUT2D eigenvalue weighted by Crippen LogP contribution is 2.23. The summed E-state index contributed by atoms with van der Waals surface area (Å²) in [4.78, 5) is 12.6. The van der Waals surface area contributed by atoms with Crippen LogP contribution in [-0.2, 0) is 0 Å². The summed E-state index contributed by atoms with van der Waals surface area (Å²) in [6.07, 6.45) is 0. The minimum atomic E-state index is -0.104. The first-order valence-electron chi connectivity index (χ1n) is 7.70. The SMILES string of the molecule is COc1cccc(C(=O)NC2C(C)NNC2c2ccccc2)c1. The van der Waals surface area contributed by atoms with Crippen molar-refractivity contribution in [1.82, 2.24) is 16.2 Å². The van der Waals surface area contributed by atoms with E-state index in [1.165, 1.54) is 0 Å². The molecule has 3 rings (SSSR count). The van der Waals surface area contributed by atoms with E-state index in [2.05, 4.69) is 28.3 Å². The Labute approximate surface area is 136 Å². The molecule has 3 N–H and O–H groups in total. The van der Waals surface area contributed by atoms with Crippen molar-refractivity contribution in [1.29, 1.82) is 0 Å². The van der Waals surface area contributed by atoms with Gasteiger partial charge in [-0.3, -0.25) is 10.2 Å².